The van der Waals surface area contributed by atoms with Crippen molar-refractivity contribution in [2.75, 3.05) is 66.6 Å². The Morgan fingerprint density at radius 1 is 0.750 bits per heavy atom. The third kappa shape index (κ3) is 14.5. The van der Waals surface area contributed by atoms with Crippen molar-refractivity contribution >= 4 is 11.8 Å². The molecule has 0 bridgehead atoms. The van der Waals surface area contributed by atoms with E-state index in [1.807, 2.05) is 13.8 Å². The summed E-state index contributed by atoms with van der Waals surface area (Å²) in [6.07, 6.45) is 0. The first-order valence-corrected chi connectivity index (χ1v) is 7.18. The van der Waals surface area contributed by atoms with Gasteiger partial charge in [-0.25, -0.2) is 4.84 Å². The molecular formula is C13H28ClNO5. The molecule has 7 heteroatoms. The number of halogens is 1. The molecule has 0 aromatic rings. The molecule has 0 aromatic carbocycles. The van der Waals surface area contributed by atoms with E-state index in [2.05, 4.69) is 4.84 Å². The van der Waals surface area contributed by atoms with Gasteiger partial charge in [0.05, 0.1) is 65.0 Å². The summed E-state index contributed by atoms with van der Waals surface area (Å²) >= 11 is 5.55. The Morgan fingerprint density at radius 3 is 1.55 bits per heavy atom. The second-order valence-corrected chi connectivity index (χ2v) is 5.05. The van der Waals surface area contributed by atoms with Crippen molar-refractivity contribution < 1.29 is 23.7 Å². The molecule has 0 amide bonds. The highest BCUT2D eigenvalue weighted by atomic mass is 35.5. The van der Waals surface area contributed by atoms with Gasteiger partial charge >= 0.3 is 0 Å². The Hall–Kier alpha value is 0.0500. The Bertz CT molecular complexity index is 207. The number of hydrogen-bond donors (Lipinski definition) is 1. The van der Waals surface area contributed by atoms with Gasteiger partial charge in [0.1, 0.15) is 0 Å². The van der Waals surface area contributed by atoms with E-state index in [4.69, 9.17) is 35.5 Å². The van der Waals surface area contributed by atoms with Gasteiger partial charge in [-0.15, -0.1) is 0 Å². The van der Waals surface area contributed by atoms with Crippen molar-refractivity contribution in [2.24, 2.45) is 0 Å². The number of ether oxygens (including phenoxy) is 5. The Labute approximate surface area is 127 Å². The first kappa shape index (κ1) is 20.1. The fraction of sp³-hybridized carbons (Fsp3) is 1.00. The summed E-state index contributed by atoms with van der Waals surface area (Å²) in [5.74, 6) is 0. The molecule has 0 atom stereocenters. The fourth-order valence-electron chi connectivity index (χ4n) is 1.16. The van der Waals surface area contributed by atoms with Crippen LogP contribution in [0.25, 0.3) is 0 Å². The van der Waals surface area contributed by atoms with Crippen molar-refractivity contribution in [3.05, 3.63) is 0 Å². The van der Waals surface area contributed by atoms with E-state index in [9.17, 15) is 0 Å². The van der Waals surface area contributed by atoms with Crippen molar-refractivity contribution in [1.29, 1.82) is 0 Å². The van der Waals surface area contributed by atoms with Crippen LogP contribution in [-0.4, -0.2) is 72.1 Å². The number of hydrogen-bond acceptors (Lipinski definition) is 6. The summed E-state index contributed by atoms with van der Waals surface area (Å²) < 4.78 is 26.2. The molecule has 0 aliphatic rings. The minimum Gasteiger partial charge on any atom is -0.382 e. The predicted octanol–water partition coefficient (Wildman–Crippen LogP) is 1.22. The second kappa shape index (κ2) is 14.0. The normalized spacial score (nSPS) is 12.0. The van der Waals surface area contributed by atoms with Gasteiger partial charge in [0.15, 0.2) is 0 Å². The van der Waals surface area contributed by atoms with Crippen LogP contribution in [0, 0.1) is 0 Å². The third-order valence-corrected chi connectivity index (χ3v) is 2.78. The second-order valence-electron chi connectivity index (χ2n) is 4.86. The van der Waals surface area contributed by atoms with Crippen LogP contribution in [0.4, 0.5) is 0 Å². The van der Waals surface area contributed by atoms with Crippen molar-refractivity contribution in [3.63, 3.8) is 0 Å². The number of nitrogens with one attached hydrogen (secondary N) is 1. The molecule has 0 unspecified atom stereocenters. The lowest BCUT2D eigenvalue weighted by Crippen LogP contribution is -2.38. The molecule has 0 saturated carbocycles. The molecule has 1 N–H and O–H groups in total. The van der Waals surface area contributed by atoms with Crippen LogP contribution in [0.1, 0.15) is 13.8 Å². The molecule has 0 saturated heterocycles. The van der Waals surface area contributed by atoms with Gasteiger partial charge in [-0.1, -0.05) is 0 Å². The molecule has 0 heterocycles. The van der Waals surface area contributed by atoms with Gasteiger partial charge in [0.25, 0.3) is 0 Å². The van der Waals surface area contributed by atoms with Crippen LogP contribution >= 0.6 is 11.8 Å². The van der Waals surface area contributed by atoms with E-state index in [1.54, 1.807) is 7.11 Å². The molecule has 122 valence electrons. The van der Waals surface area contributed by atoms with E-state index in [0.717, 1.165) is 0 Å². The van der Waals surface area contributed by atoms with Crippen LogP contribution in [0.3, 0.4) is 0 Å². The zero-order valence-electron chi connectivity index (χ0n) is 12.8. The van der Waals surface area contributed by atoms with E-state index in [-0.39, 0.29) is 5.54 Å². The maximum atomic E-state index is 5.55. The van der Waals surface area contributed by atoms with E-state index >= 15 is 0 Å². The third-order valence-electron chi connectivity index (χ3n) is 2.27. The van der Waals surface area contributed by atoms with E-state index in [0.29, 0.717) is 59.5 Å². The minimum atomic E-state index is -0.229. The van der Waals surface area contributed by atoms with E-state index < -0.39 is 0 Å². The first-order chi connectivity index (χ1) is 9.62. The molecule has 0 aromatic heterocycles. The summed E-state index contributed by atoms with van der Waals surface area (Å²) in [6, 6.07) is 0. The minimum absolute atomic E-state index is 0.229. The average molecular weight is 314 g/mol. The Kier molecular flexibility index (Phi) is 14.0. The Morgan fingerprint density at radius 2 is 1.15 bits per heavy atom. The monoisotopic (exact) mass is 313 g/mol. The molecule has 0 radical (unpaired) electrons. The molecule has 0 aliphatic carbocycles. The molecule has 0 spiro atoms. The van der Waals surface area contributed by atoms with Crippen LogP contribution in [-0.2, 0) is 23.7 Å². The van der Waals surface area contributed by atoms with Crippen LogP contribution in [0.2, 0.25) is 0 Å². The summed E-state index contributed by atoms with van der Waals surface area (Å²) in [5.41, 5.74) is -0.229. The quantitative estimate of drug-likeness (QED) is 0.362. The maximum Gasteiger partial charge on any atom is 0.0701 e. The zero-order valence-corrected chi connectivity index (χ0v) is 13.5. The largest absolute Gasteiger partial charge is 0.382 e. The molecule has 0 aliphatic heterocycles. The molecule has 0 fully saturated rings. The highest BCUT2D eigenvalue weighted by Gasteiger charge is 2.15. The number of methoxy groups -OCH3 is 1. The van der Waals surface area contributed by atoms with Gasteiger partial charge in [-0.3, -0.25) is 0 Å². The summed E-state index contributed by atoms with van der Waals surface area (Å²) in [7, 11) is 1.65. The standard InChI is InChI=1S/C13H28ClNO5/c1-13(2,15-14)12-20-11-10-19-9-8-18-7-6-17-5-4-16-3/h15H,4-12H2,1-3H3. The lowest BCUT2D eigenvalue weighted by atomic mass is 10.1. The van der Waals surface area contributed by atoms with Crippen LogP contribution < -0.4 is 4.84 Å². The lowest BCUT2D eigenvalue weighted by molar-refractivity contribution is -0.0116. The van der Waals surface area contributed by atoms with Gasteiger partial charge in [0, 0.05) is 7.11 Å². The summed E-state index contributed by atoms with van der Waals surface area (Å²) in [4.78, 5) is 2.65. The SMILES string of the molecule is COCCOCCOCCOCCOCC(C)(C)NCl. The van der Waals surface area contributed by atoms with Gasteiger partial charge in [-0.05, 0) is 25.6 Å². The first-order valence-electron chi connectivity index (χ1n) is 6.80. The maximum absolute atomic E-state index is 5.55. The molecule has 20 heavy (non-hydrogen) atoms. The topological polar surface area (TPSA) is 58.2 Å². The van der Waals surface area contributed by atoms with Crippen molar-refractivity contribution in [3.8, 4) is 0 Å². The number of rotatable bonds is 15. The summed E-state index contributed by atoms with van der Waals surface area (Å²) in [5, 5.41) is 0. The van der Waals surface area contributed by atoms with Crippen molar-refractivity contribution in [2.45, 2.75) is 19.4 Å². The average Bonchev–Trinajstić information content (AvgIpc) is 2.44. The molecule has 0 rings (SSSR count). The van der Waals surface area contributed by atoms with Gasteiger partial charge < -0.3 is 23.7 Å². The smallest absolute Gasteiger partial charge is 0.0701 e. The highest BCUT2D eigenvalue weighted by Crippen LogP contribution is 2.03. The molecular weight excluding hydrogens is 286 g/mol. The van der Waals surface area contributed by atoms with Crippen LogP contribution in [0.15, 0.2) is 0 Å². The fourth-order valence-corrected chi connectivity index (χ4v) is 1.21. The van der Waals surface area contributed by atoms with Crippen molar-refractivity contribution in [1.82, 2.24) is 4.84 Å². The van der Waals surface area contributed by atoms with Crippen LogP contribution in [0.5, 0.6) is 0 Å². The zero-order chi connectivity index (χ0) is 15.1. The van der Waals surface area contributed by atoms with Gasteiger partial charge in [-0.2, -0.15) is 0 Å². The summed E-state index contributed by atoms with van der Waals surface area (Å²) in [6.45, 7) is 9.02. The molecule has 6 nitrogen and oxygen atoms in total. The predicted molar refractivity (Wildman–Crippen MR) is 78.2 cm³/mol. The lowest BCUT2D eigenvalue weighted by Gasteiger charge is -2.21. The van der Waals surface area contributed by atoms with E-state index in [1.165, 1.54) is 0 Å². The Balaban J connectivity index is 3.06. The highest BCUT2D eigenvalue weighted by molar-refractivity contribution is 6.13. The van der Waals surface area contributed by atoms with Gasteiger partial charge in [0.2, 0.25) is 0 Å².